The van der Waals surface area contributed by atoms with Crippen LogP contribution in [0.2, 0.25) is 5.02 Å². The second-order valence-electron chi connectivity index (χ2n) is 2.57. The molecule has 1 aromatic heterocycles. The van der Waals surface area contributed by atoms with Gasteiger partial charge in [-0.1, -0.05) is 22.4 Å². The lowest BCUT2D eigenvalue weighted by molar-refractivity contribution is 0.114. The van der Waals surface area contributed by atoms with Crippen LogP contribution in [0.15, 0.2) is 18.2 Å². The summed E-state index contributed by atoms with van der Waals surface area (Å²) >= 11 is 5.78. The first kappa shape index (κ1) is 8.85. The number of halogens is 1. The topological polar surface area (TPSA) is 39.9 Å². The lowest BCUT2D eigenvalue weighted by Gasteiger charge is -1.99. The third-order valence-electron chi connectivity index (χ3n) is 1.65. The van der Waals surface area contributed by atoms with Crippen LogP contribution >= 0.6 is 11.6 Å². The Morgan fingerprint density at radius 2 is 2.43 bits per heavy atom. The number of rotatable bonds is 2. The maximum atomic E-state index is 5.78. The van der Waals surface area contributed by atoms with E-state index >= 15 is 0 Å². The molecule has 1 heterocycles. The fourth-order valence-corrected chi connectivity index (χ4v) is 1.24. The van der Waals surface area contributed by atoms with Gasteiger partial charge in [-0.05, 0) is 23.4 Å². The van der Waals surface area contributed by atoms with Crippen LogP contribution in [-0.2, 0) is 0 Å². The quantitative estimate of drug-likeness (QED) is 0.694. The molecule has 0 N–H and O–H groups in total. The van der Waals surface area contributed by atoms with E-state index < -0.39 is 0 Å². The SMILES string of the molecule is C#CCOn1nnc2cc(Cl)ccc21. The van der Waals surface area contributed by atoms with Gasteiger partial charge in [-0.15, -0.1) is 11.5 Å². The molecule has 0 atom stereocenters. The molecule has 2 aromatic rings. The van der Waals surface area contributed by atoms with Gasteiger partial charge in [-0.25, -0.2) is 0 Å². The minimum absolute atomic E-state index is 0.154. The van der Waals surface area contributed by atoms with Gasteiger partial charge in [0.1, 0.15) is 11.0 Å². The smallest absolute Gasteiger partial charge is 0.177 e. The van der Waals surface area contributed by atoms with E-state index in [9.17, 15) is 0 Å². The minimum atomic E-state index is 0.154. The average molecular weight is 208 g/mol. The normalized spacial score (nSPS) is 10.0. The van der Waals surface area contributed by atoms with Crippen molar-refractivity contribution >= 4 is 22.6 Å². The molecule has 2 rings (SSSR count). The lowest BCUT2D eigenvalue weighted by Crippen LogP contribution is -2.12. The van der Waals surface area contributed by atoms with Crippen molar-refractivity contribution in [2.24, 2.45) is 0 Å². The fourth-order valence-electron chi connectivity index (χ4n) is 1.07. The van der Waals surface area contributed by atoms with Gasteiger partial charge in [-0.2, -0.15) is 0 Å². The standard InChI is InChI=1S/C9H6ClN3O/c1-2-5-14-13-9-4-3-7(10)6-8(9)11-12-13/h1,3-4,6H,5H2. The monoisotopic (exact) mass is 207 g/mol. The summed E-state index contributed by atoms with van der Waals surface area (Å²) in [6.07, 6.45) is 5.06. The number of hydrogen-bond acceptors (Lipinski definition) is 3. The highest BCUT2D eigenvalue weighted by Crippen LogP contribution is 2.15. The van der Waals surface area contributed by atoms with E-state index in [4.69, 9.17) is 22.9 Å². The molecule has 0 amide bonds. The molecule has 0 saturated heterocycles. The van der Waals surface area contributed by atoms with Crippen LogP contribution in [0.25, 0.3) is 11.0 Å². The number of fused-ring (bicyclic) bond motifs is 1. The maximum Gasteiger partial charge on any atom is 0.177 e. The Balaban J connectivity index is 2.43. The molecule has 0 saturated carbocycles. The third-order valence-corrected chi connectivity index (χ3v) is 1.88. The first-order valence-electron chi connectivity index (χ1n) is 3.89. The molecule has 0 radical (unpaired) electrons. The highest BCUT2D eigenvalue weighted by molar-refractivity contribution is 6.31. The molecule has 70 valence electrons. The maximum absolute atomic E-state index is 5.78. The summed E-state index contributed by atoms with van der Waals surface area (Å²) in [5.41, 5.74) is 1.42. The first-order valence-corrected chi connectivity index (χ1v) is 4.27. The van der Waals surface area contributed by atoms with Gasteiger partial charge in [0.15, 0.2) is 6.61 Å². The molecule has 5 heteroatoms. The Morgan fingerprint density at radius 1 is 1.57 bits per heavy atom. The van der Waals surface area contributed by atoms with Crippen molar-refractivity contribution in [3.8, 4) is 12.3 Å². The molecular formula is C9H6ClN3O. The zero-order valence-corrected chi connectivity index (χ0v) is 7.90. The summed E-state index contributed by atoms with van der Waals surface area (Å²) in [6, 6.07) is 5.22. The number of hydrogen-bond donors (Lipinski definition) is 0. The fraction of sp³-hybridized carbons (Fsp3) is 0.111. The van der Waals surface area contributed by atoms with Crippen LogP contribution in [-0.4, -0.2) is 21.8 Å². The zero-order chi connectivity index (χ0) is 9.97. The number of terminal acetylenes is 1. The summed E-state index contributed by atoms with van der Waals surface area (Å²) in [7, 11) is 0. The zero-order valence-electron chi connectivity index (χ0n) is 7.14. The molecule has 1 aromatic carbocycles. The van der Waals surface area contributed by atoms with E-state index in [1.54, 1.807) is 18.2 Å². The lowest BCUT2D eigenvalue weighted by atomic mass is 10.3. The van der Waals surface area contributed by atoms with Crippen LogP contribution in [0.5, 0.6) is 0 Å². The minimum Gasteiger partial charge on any atom is -0.382 e. The van der Waals surface area contributed by atoms with Crippen LogP contribution in [0, 0.1) is 12.3 Å². The van der Waals surface area contributed by atoms with Crippen molar-refractivity contribution in [3.05, 3.63) is 23.2 Å². The van der Waals surface area contributed by atoms with Gasteiger partial charge in [-0.3, -0.25) is 0 Å². The Morgan fingerprint density at radius 3 is 3.21 bits per heavy atom. The Labute approximate surface area is 85.4 Å². The Bertz CT molecular complexity index is 500. The van der Waals surface area contributed by atoms with E-state index in [1.165, 1.54) is 4.85 Å². The Hall–Kier alpha value is -1.73. The van der Waals surface area contributed by atoms with Crippen molar-refractivity contribution in [1.29, 1.82) is 0 Å². The van der Waals surface area contributed by atoms with E-state index in [2.05, 4.69) is 16.2 Å². The molecule has 14 heavy (non-hydrogen) atoms. The Kier molecular flexibility index (Phi) is 2.25. The van der Waals surface area contributed by atoms with Gasteiger partial charge in [0, 0.05) is 5.02 Å². The summed E-state index contributed by atoms with van der Waals surface area (Å²) in [5, 5.41) is 8.24. The van der Waals surface area contributed by atoms with E-state index in [0.29, 0.717) is 10.5 Å². The van der Waals surface area contributed by atoms with Crippen molar-refractivity contribution < 1.29 is 4.84 Å². The summed E-state index contributed by atoms with van der Waals surface area (Å²) in [4.78, 5) is 6.40. The summed E-state index contributed by atoms with van der Waals surface area (Å²) in [5.74, 6) is 2.35. The van der Waals surface area contributed by atoms with Gasteiger partial charge in [0.2, 0.25) is 0 Å². The van der Waals surface area contributed by atoms with Gasteiger partial charge < -0.3 is 4.84 Å². The molecule has 4 nitrogen and oxygen atoms in total. The molecule has 0 spiro atoms. The second kappa shape index (κ2) is 3.56. The van der Waals surface area contributed by atoms with E-state index in [0.717, 1.165) is 5.52 Å². The van der Waals surface area contributed by atoms with E-state index in [1.807, 2.05) is 0 Å². The highest BCUT2D eigenvalue weighted by Gasteiger charge is 2.04. The van der Waals surface area contributed by atoms with Crippen molar-refractivity contribution in [1.82, 2.24) is 15.2 Å². The van der Waals surface area contributed by atoms with Crippen molar-refractivity contribution in [2.75, 3.05) is 6.61 Å². The van der Waals surface area contributed by atoms with Crippen LogP contribution in [0.3, 0.4) is 0 Å². The molecule has 0 bridgehead atoms. The molecular weight excluding hydrogens is 202 g/mol. The van der Waals surface area contributed by atoms with Crippen LogP contribution < -0.4 is 4.84 Å². The number of nitrogens with zero attached hydrogens (tertiary/aromatic N) is 3. The molecule has 0 fully saturated rings. The third kappa shape index (κ3) is 1.50. The predicted molar refractivity (Wildman–Crippen MR) is 52.8 cm³/mol. The average Bonchev–Trinajstić information content (AvgIpc) is 2.57. The van der Waals surface area contributed by atoms with Gasteiger partial charge >= 0.3 is 0 Å². The van der Waals surface area contributed by atoms with Crippen LogP contribution in [0.1, 0.15) is 0 Å². The predicted octanol–water partition coefficient (Wildman–Crippen LogP) is 1.15. The largest absolute Gasteiger partial charge is 0.382 e. The van der Waals surface area contributed by atoms with E-state index in [-0.39, 0.29) is 6.61 Å². The number of aromatic nitrogens is 3. The highest BCUT2D eigenvalue weighted by atomic mass is 35.5. The molecule has 0 aliphatic carbocycles. The van der Waals surface area contributed by atoms with Crippen molar-refractivity contribution in [2.45, 2.75) is 0 Å². The molecule has 0 aliphatic rings. The molecule has 0 aliphatic heterocycles. The van der Waals surface area contributed by atoms with Crippen LogP contribution in [0.4, 0.5) is 0 Å². The van der Waals surface area contributed by atoms with Gasteiger partial charge in [0.05, 0.1) is 0 Å². The summed E-state index contributed by atoms with van der Waals surface area (Å²) < 4.78 is 0. The van der Waals surface area contributed by atoms with Crippen molar-refractivity contribution in [3.63, 3.8) is 0 Å². The van der Waals surface area contributed by atoms with Gasteiger partial charge in [0.25, 0.3) is 0 Å². The molecule has 0 unspecified atom stereocenters. The number of benzene rings is 1. The second-order valence-corrected chi connectivity index (χ2v) is 3.01. The first-order chi connectivity index (χ1) is 6.81. The summed E-state index contributed by atoms with van der Waals surface area (Å²) in [6.45, 7) is 0.154.